The van der Waals surface area contributed by atoms with Gasteiger partial charge in [-0.2, -0.15) is 12.6 Å². The van der Waals surface area contributed by atoms with Crippen molar-refractivity contribution in [2.24, 2.45) is 11.3 Å². The van der Waals surface area contributed by atoms with E-state index in [0.29, 0.717) is 11.5 Å². The lowest BCUT2D eigenvalue weighted by Crippen LogP contribution is -3.15. The Morgan fingerprint density at radius 3 is 2.63 bits per heavy atom. The summed E-state index contributed by atoms with van der Waals surface area (Å²) in [5, 5.41) is 0.264. The minimum Gasteiger partial charge on any atom is -0.377 e. The Morgan fingerprint density at radius 2 is 1.96 bits per heavy atom. The number of benzene rings is 1. The molecule has 5 heteroatoms. The van der Waals surface area contributed by atoms with Gasteiger partial charge in [-0.3, -0.25) is 0 Å². The number of halogens is 1. The van der Waals surface area contributed by atoms with Crippen molar-refractivity contribution in [3.63, 3.8) is 0 Å². The number of piperazine rings is 1. The molecule has 1 saturated heterocycles. The minimum atomic E-state index is -0.119. The highest BCUT2D eigenvalue weighted by Gasteiger charge is 2.33. The second-order valence-electron chi connectivity index (χ2n) is 9.42. The molecule has 1 heterocycles. The van der Waals surface area contributed by atoms with E-state index in [2.05, 4.69) is 25.7 Å². The molecule has 0 bridgehead atoms. The van der Waals surface area contributed by atoms with Gasteiger partial charge >= 0.3 is 0 Å². The summed E-state index contributed by atoms with van der Waals surface area (Å²) in [6.07, 6.45) is 4.02. The van der Waals surface area contributed by atoms with Gasteiger partial charge in [0, 0.05) is 0 Å². The molecule has 0 radical (unpaired) electrons. The maximum atomic E-state index is 14.0. The Labute approximate surface area is 169 Å². The number of quaternary nitrogens is 1. The Bertz CT molecular complexity index is 604. The Hall–Kier alpha value is -0.780. The van der Waals surface area contributed by atoms with Crippen LogP contribution in [0.4, 0.5) is 10.1 Å². The van der Waals surface area contributed by atoms with Gasteiger partial charge in [-0.1, -0.05) is 32.9 Å². The van der Waals surface area contributed by atoms with Gasteiger partial charge in [0.05, 0.1) is 56.4 Å². The van der Waals surface area contributed by atoms with Crippen LogP contribution in [0.25, 0.3) is 0 Å². The largest absolute Gasteiger partial charge is 0.377 e. The molecule has 1 aliphatic heterocycles. The van der Waals surface area contributed by atoms with Crippen molar-refractivity contribution in [3.05, 3.63) is 30.1 Å². The molecule has 0 aromatic heterocycles. The number of rotatable bonds is 6. The molecule has 3 rings (SSSR count). The van der Waals surface area contributed by atoms with Crippen molar-refractivity contribution >= 4 is 18.3 Å². The third-order valence-corrected chi connectivity index (χ3v) is 6.39. The van der Waals surface area contributed by atoms with E-state index in [9.17, 15) is 4.39 Å². The first kappa shape index (κ1) is 20.9. The first-order valence-corrected chi connectivity index (χ1v) is 11.0. The molecule has 27 heavy (non-hydrogen) atoms. The van der Waals surface area contributed by atoms with E-state index >= 15 is 0 Å². The molecule has 2 fully saturated rings. The van der Waals surface area contributed by atoms with Gasteiger partial charge in [0.25, 0.3) is 0 Å². The smallest absolute Gasteiger partial charge is 0.146 e. The molecule has 1 N–H and O–H groups in total. The van der Waals surface area contributed by atoms with Crippen molar-refractivity contribution in [2.75, 3.05) is 44.2 Å². The first-order chi connectivity index (χ1) is 12.8. The van der Waals surface area contributed by atoms with E-state index in [1.165, 1.54) is 12.8 Å². The van der Waals surface area contributed by atoms with Crippen LogP contribution in [0, 0.1) is 17.2 Å². The van der Waals surface area contributed by atoms with E-state index in [0.717, 1.165) is 57.4 Å². The molecular formula is C22H36FN2OS+. The van der Waals surface area contributed by atoms with E-state index in [4.69, 9.17) is 17.4 Å². The van der Waals surface area contributed by atoms with Gasteiger partial charge in [-0.05, 0) is 42.7 Å². The molecule has 0 spiro atoms. The van der Waals surface area contributed by atoms with Crippen LogP contribution in [0.2, 0.25) is 0 Å². The van der Waals surface area contributed by atoms with Crippen molar-refractivity contribution in [2.45, 2.75) is 51.4 Å². The summed E-state index contributed by atoms with van der Waals surface area (Å²) in [5.74, 6) is 0.625. The van der Waals surface area contributed by atoms with Crippen molar-refractivity contribution < 1.29 is 14.0 Å². The number of thiol groups is 1. The number of nitrogens with zero attached hydrogens (tertiary/aromatic N) is 1. The average Bonchev–Trinajstić information content (AvgIpc) is 2.60. The van der Waals surface area contributed by atoms with E-state index in [1.54, 1.807) is 17.0 Å². The summed E-state index contributed by atoms with van der Waals surface area (Å²) in [4.78, 5) is 3.71. The zero-order chi connectivity index (χ0) is 19.4. The van der Waals surface area contributed by atoms with Gasteiger partial charge in [0.2, 0.25) is 0 Å². The highest BCUT2D eigenvalue weighted by Crippen LogP contribution is 2.39. The van der Waals surface area contributed by atoms with Crippen LogP contribution in [0.1, 0.15) is 40.0 Å². The lowest BCUT2D eigenvalue weighted by Gasteiger charge is -2.39. The summed E-state index contributed by atoms with van der Waals surface area (Å²) in [6, 6.07) is 7.08. The molecule has 0 unspecified atom stereocenters. The maximum absolute atomic E-state index is 14.0. The van der Waals surface area contributed by atoms with Crippen LogP contribution in [-0.2, 0) is 4.74 Å². The number of para-hydroxylation sites is 1. The number of nitrogens with one attached hydrogen (secondary N) is 1. The molecule has 1 aromatic rings. The molecular weight excluding hydrogens is 359 g/mol. The fourth-order valence-electron chi connectivity index (χ4n) is 5.00. The number of hydrogen-bond acceptors (Lipinski definition) is 3. The summed E-state index contributed by atoms with van der Waals surface area (Å²) in [6.45, 7) is 12.6. The highest BCUT2D eigenvalue weighted by atomic mass is 32.1. The second-order valence-corrected chi connectivity index (χ2v) is 10.1. The number of anilines is 1. The van der Waals surface area contributed by atoms with Gasteiger partial charge in [0.15, 0.2) is 0 Å². The van der Waals surface area contributed by atoms with E-state index < -0.39 is 0 Å². The van der Waals surface area contributed by atoms with Crippen molar-refractivity contribution in [1.82, 2.24) is 0 Å². The lowest BCUT2D eigenvalue weighted by molar-refractivity contribution is -0.900. The lowest BCUT2D eigenvalue weighted by atomic mass is 9.71. The summed E-state index contributed by atoms with van der Waals surface area (Å²) < 4.78 is 20.2. The predicted molar refractivity (Wildman–Crippen MR) is 113 cm³/mol. The molecule has 0 amide bonds. The normalized spacial score (nSPS) is 27.5. The standard InChI is InChI=1S/C22H35FN2OS/c1-17-12-18(14-22(2,3)13-17)26-16-19(27)15-24-8-10-25(11-9-24)21-7-5-4-6-20(21)23/h4-7,17-19,27H,8-16H2,1-3H3/p+1/t17-,18+,19+/m0/s1. The second kappa shape index (κ2) is 9.15. The molecule has 3 atom stereocenters. The number of hydrogen-bond donors (Lipinski definition) is 2. The van der Waals surface area contributed by atoms with Crippen LogP contribution in [-0.4, -0.2) is 50.7 Å². The molecule has 1 saturated carbocycles. The monoisotopic (exact) mass is 395 g/mol. The van der Waals surface area contributed by atoms with Crippen LogP contribution >= 0.6 is 12.6 Å². The summed E-state index contributed by atoms with van der Waals surface area (Å²) in [7, 11) is 0. The van der Waals surface area contributed by atoms with Crippen LogP contribution in [0.5, 0.6) is 0 Å². The molecule has 1 aromatic carbocycles. The zero-order valence-electron chi connectivity index (χ0n) is 17.1. The van der Waals surface area contributed by atoms with E-state index in [1.807, 2.05) is 12.1 Å². The third-order valence-electron chi connectivity index (χ3n) is 6.06. The average molecular weight is 396 g/mol. The Kier molecular flexibility index (Phi) is 7.09. The van der Waals surface area contributed by atoms with Crippen LogP contribution < -0.4 is 9.80 Å². The molecule has 152 valence electrons. The van der Waals surface area contributed by atoms with Gasteiger partial charge in [-0.25, -0.2) is 4.39 Å². The SMILES string of the molecule is C[C@H]1C[C@@H](OC[C@H](S)C[NH+]2CCN(c3ccccc3F)CC2)CC(C)(C)C1. The van der Waals surface area contributed by atoms with Crippen LogP contribution in [0.3, 0.4) is 0 Å². The fraction of sp³-hybridized carbons (Fsp3) is 0.727. The molecule has 3 nitrogen and oxygen atoms in total. The summed E-state index contributed by atoms with van der Waals surface area (Å²) >= 11 is 4.80. The predicted octanol–water partition coefficient (Wildman–Crippen LogP) is 3.06. The highest BCUT2D eigenvalue weighted by molar-refractivity contribution is 7.81. The van der Waals surface area contributed by atoms with Gasteiger partial charge in [-0.15, -0.1) is 0 Å². The number of ether oxygens (including phenoxy) is 1. The van der Waals surface area contributed by atoms with Gasteiger partial charge in [0.1, 0.15) is 5.82 Å². The zero-order valence-corrected chi connectivity index (χ0v) is 18.0. The topological polar surface area (TPSA) is 16.9 Å². The molecule has 1 aliphatic carbocycles. The first-order valence-electron chi connectivity index (χ1n) is 10.4. The maximum Gasteiger partial charge on any atom is 0.146 e. The summed E-state index contributed by atoms with van der Waals surface area (Å²) in [5.41, 5.74) is 1.12. The molecule has 2 aliphatic rings. The van der Waals surface area contributed by atoms with Crippen molar-refractivity contribution in [3.8, 4) is 0 Å². The van der Waals surface area contributed by atoms with Crippen molar-refractivity contribution in [1.29, 1.82) is 0 Å². The fourth-order valence-corrected chi connectivity index (χ4v) is 5.35. The Morgan fingerprint density at radius 1 is 1.26 bits per heavy atom. The van der Waals surface area contributed by atoms with Gasteiger partial charge < -0.3 is 14.5 Å². The Balaban J connectivity index is 1.39. The quantitative estimate of drug-likeness (QED) is 0.721. The van der Waals surface area contributed by atoms with Crippen LogP contribution in [0.15, 0.2) is 24.3 Å². The minimum absolute atomic E-state index is 0.119. The third kappa shape index (κ3) is 6.10. The van der Waals surface area contributed by atoms with E-state index in [-0.39, 0.29) is 11.1 Å².